The van der Waals surface area contributed by atoms with Crippen LogP contribution in [0.3, 0.4) is 0 Å². The predicted molar refractivity (Wildman–Crippen MR) is 73.0 cm³/mol. The molecule has 1 aliphatic carbocycles. The number of rotatable bonds is 5. The third-order valence-electron chi connectivity index (χ3n) is 4.86. The predicted octanol–water partition coefficient (Wildman–Crippen LogP) is 1.20. The lowest BCUT2D eigenvalue weighted by Gasteiger charge is -2.20. The van der Waals surface area contributed by atoms with Crippen LogP contribution in [0.5, 0.6) is 5.75 Å². The van der Waals surface area contributed by atoms with Gasteiger partial charge in [0.05, 0.1) is 17.9 Å². The zero-order chi connectivity index (χ0) is 16.1. The van der Waals surface area contributed by atoms with Crippen LogP contribution >= 0.6 is 0 Å². The van der Waals surface area contributed by atoms with Crippen molar-refractivity contribution < 1.29 is 28.9 Å². The average molecular weight is 309 g/mol. The molecular weight excluding hydrogens is 293 g/mol. The number of hydrogen-bond acceptors (Lipinski definition) is 4. The number of fused-ring (bicyclic) bond motifs is 1. The van der Waals surface area contributed by atoms with E-state index in [1.165, 1.54) is 13.2 Å². The highest BCUT2D eigenvalue weighted by molar-refractivity contribution is 5.94. The Hall–Kier alpha value is -2.15. The molecule has 7 heteroatoms. The molecule has 0 unspecified atom stereocenters. The number of piperidine rings is 1. The summed E-state index contributed by atoms with van der Waals surface area (Å²) in [6, 6.07) is 4.73. The van der Waals surface area contributed by atoms with Gasteiger partial charge < -0.3 is 14.9 Å². The molecule has 0 aromatic heterocycles. The van der Waals surface area contributed by atoms with Gasteiger partial charge in [-0.1, -0.05) is 12.1 Å². The first-order chi connectivity index (χ1) is 10.4. The minimum atomic E-state index is -1.24. The zero-order valence-corrected chi connectivity index (χ0v) is 12.0. The molecular formula is C15H16FNO5. The number of carbonyl (C=O) groups is 2. The van der Waals surface area contributed by atoms with Crippen molar-refractivity contribution in [3.63, 3.8) is 0 Å². The highest BCUT2D eigenvalue weighted by Crippen LogP contribution is 2.68. The molecule has 1 saturated carbocycles. The van der Waals surface area contributed by atoms with Gasteiger partial charge in [-0.05, 0) is 12.5 Å². The third-order valence-corrected chi connectivity index (χ3v) is 4.86. The first kappa shape index (κ1) is 14.8. The fourth-order valence-electron chi connectivity index (χ4n) is 3.59. The fraction of sp³-hybridized carbons (Fsp3) is 0.467. The quantitative estimate of drug-likeness (QED) is 0.850. The van der Waals surface area contributed by atoms with E-state index in [0.717, 1.165) is 0 Å². The number of benzene rings is 1. The lowest BCUT2D eigenvalue weighted by molar-refractivity contribution is -0.151. The second-order valence-corrected chi connectivity index (χ2v) is 6.03. The number of carboxylic acid groups (broad SMARTS) is 2. The number of aliphatic carboxylic acids is 2. The summed E-state index contributed by atoms with van der Waals surface area (Å²) in [5, 5.41) is 18.7. The number of likely N-dealkylation sites (tertiary alicyclic amines) is 1. The summed E-state index contributed by atoms with van der Waals surface area (Å²) in [6.07, 6.45) is 0.141. The van der Waals surface area contributed by atoms with E-state index in [-0.39, 0.29) is 31.8 Å². The third kappa shape index (κ3) is 1.81. The van der Waals surface area contributed by atoms with Crippen LogP contribution in [0, 0.1) is 16.6 Å². The monoisotopic (exact) mass is 309 g/mol. The maximum Gasteiger partial charge on any atom is 0.312 e. The average Bonchev–Trinajstić information content (AvgIpc) is 3.01. The molecule has 118 valence electrons. The molecule has 0 spiro atoms. The lowest BCUT2D eigenvalue weighted by Crippen LogP contribution is -2.28. The summed E-state index contributed by atoms with van der Waals surface area (Å²) in [5.41, 5.74) is -2.12. The number of halogens is 1. The Labute approximate surface area is 126 Å². The smallest absolute Gasteiger partial charge is 0.312 e. The summed E-state index contributed by atoms with van der Waals surface area (Å²) in [5.74, 6) is -2.57. The molecule has 2 N–H and O–H groups in total. The van der Waals surface area contributed by atoms with Gasteiger partial charge in [0.2, 0.25) is 0 Å². The van der Waals surface area contributed by atoms with Crippen molar-refractivity contribution >= 4 is 11.9 Å². The first-order valence-electron chi connectivity index (χ1n) is 6.87. The second kappa shape index (κ2) is 4.67. The van der Waals surface area contributed by atoms with Crippen LogP contribution in [-0.2, 0) is 16.1 Å². The zero-order valence-electron chi connectivity index (χ0n) is 12.0. The molecule has 0 bridgehead atoms. The maximum absolute atomic E-state index is 14.2. The van der Waals surface area contributed by atoms with E-state index < -0.39 is 28.6 Å². The molecule has 1 saturated heterocycles. The minimum Gasteiger partial charge on any atom is -0.494 e. The Morgan fingerprint density at radius 3 is 2.36 bits per heavy atom. The standard InChI is InChI=1S/C15H16FNO5/c1-22-10-4-2-3-9(11(10)16)5-17-7-14(12(18)19)6-15(14,8-17)13(20)21/h2-4H,5-8H2,1H3,(H,18,19)(H,20,21)/t14-,15+. The molecule has 22 heavy (non-hydrogen) atoms. The minimum absolute atomic E-state index is 0.114. The molecule has 1 heterocycles. The topological polar surface area (TPSA) is 87.1 Å². The molecule has 1 aliphatic heterocycles. The van der Waals surface area contributed by atoms with Gasteiger partial charge in [0.25, 0.3) is 0 Å². The summed E-state index contributed by atoms with van der Waals surface area (Å²) in [6.45, 7) is 0.393. The van der Waals surface area contributed by atoms with Crippen LogP contribution < -0.4 is 4.74 Å². The first-order valence-corrected chi connectivity index (χ1v) is 6.87. The van der Waals surface area contributed by atoms with Crippen LogP contribution in [0.25, 0.3) is 0 Å². The van der Waals surface area contributed by atoms with Crippen LogP contribution in [0.15, 0.2) is 18.2 Å². The molecule has 2 aliphatic rings. The van der Waals surface area contributed by atoms with Crippen LogP contribution in [0.2, 0.25) is 0 Å². The van der Waals surface area contributed by atoms with Gasteiger partial charge in [0.15, 0.2) is 11.6 Å². The number of carboxylic acids is 2. The number of hydrogen-bond donors (Lipinski definition) is 2. The van der Waals surface area contributed by atoms with Gasteiger partial charge in [-0.2, -0.15) is 0 Å². The highest BCUT2D eigenvalue weighted by atomic mass is 19.1. The van der Waals surface area contributed by atoms with E-state index in [1.807, 2.05) is 0 Å². The van der Waals surface area contributed by atoms with E-state index in [1.54, 1.807) is 17.0 Å². The van der Waals surface area contributed by atoms with Crippen molar-refractivity contribution in [3.05, 3.63) is 29.6 Å². The van der Waals surface area contributed by atoms with Crippen LogP contribution in [-0.4, -0.2) is 47.3 Å². The highest BCUT2D eigenvalue weighted by Gasteiger charge is 2.80. The summed E-state index contributed by atoms with van der Waals surface area (Å²) in [7, 11) is 1.37. The summed E-state index contributed by atoms with van der Waals surface area (Å²) >= 11 is 0. The van der Waals surface area contributed by atoms with E-state index in [4.69, 9.17) is 4.74 Å². The van der Waals surface area contributed by atoms with E-state index >= 15 is 0 Å². The van der Waals surface area contributed by atoms with Crippen molar-refractivity contribution in [2.75, 3.05) is 20.2 Å². The van der Waals surface area contributed by atoms with Crippen molar-refractivity contribution in [3.8, 4) is 5.75 Å². The Balaban J connectivity index is 1.82. The molecule has 2 fully saturated rings. The molecule has 3 rings (SSSR count). The lowest BCUT2D eigenvalue weighted by atomic mass is 9.97. The molecule has 0 amide bonds. The Bertz CT molecular complexity index is 635. The molecule has 0 radical (unpaired) electrons. The van der Waals surface area contributed by atoms with E-state index in [9.17, 15) is 24.2 Å². The molecule has 2 atom stereocenters. The molecule has 1 aromatic carbocycles. The number of ether oxygens (including phenoxy) is 1. The van der Waals surface area contributed by atoms with Crippen molar-refractivity contribution in [1.29, 1.82) is 0 Å². The molecule has 1 aromatic rings. The van der Waals surface area contributed by atoms with Crippen LogP contribution in [0.1, 0.15) is 12.0 Å². The fourth-order valence-corrected chi connectivity index (χ4v) is 3.59. The molecule has 6 nitrogen and oxygen atoms in total. The van der Waals surface area contributed by atoms with Gasteiger partial charge in [-0.15, -0.1) is 0 Å². The largest absolute Gasteiger partial charge is 0.494 e. The van der Waals surface area contributed by atoms with Gasteiger partial charge in [0.1, 0.15) is 0 Å². The maximum atomic E-state index is 14.2. The van der Waals surface area contributed by atoms with Gasteiger partial charge in [-0.3, -0.25) is 14.5 Å². The number of methoxy groups -OCH3 is 1. The van der Waals surface area contributed by atoms with Crippen molar-refractivity contribution in [2.45, 2.75) is 13.0 Å². The van der Waals surface area contributed by atoms with Crippen LogP contribution in [0.4, 0.5) is 4.39 Å². The van der Waals surface area contributed by atoms with Gasteiger partial charge in [-0.25, -0.2) is 4.39 Å². The number of nitrogens with zero attached hydrogens (tertiary/aromatic N) is 1. The Morgan fingerprint density at radius 1 is 1.27 bits per heavy atom. The van der Waals surface area contributed by atoms with Gasteiger partial charge >= 0.3 is 11.9 Å². The van der Waals surface area contributed by atoms with Crippen molar-refractivity contribution in [2.24, 2.45) is 10.8 Å². The Morgan fingerprint density at radius 2 is 1.86 bits per heavy atom. The van der Waals surface area contributed by atoms with E-state index in [0.29, 0.717) is 5.56 Å². The Kier molecular flexibility index (Phi) is 3.14. The van der Waals surface area contributed by atoms with Gasteiger partial charge in [0, 0.05) is 25.2 Å². The second-order valence-electron chi connectivity index (χ2n) is 6.03. The summed E-state index contributed by atoms with van der Waals surface area (Å²) < 4.78 is 19.1. The normalized spacial score (nSPS) is 29.9. The van der Waals surface area contributed by atoms with Crippen molar-refractivity contribution in [1.82, 2.24) is 4.90 Å². The SMILES string of the molecule is COc1cccc(CN2C[C@@]3(C(=O)O)C[C@@]3(C(=O)O)C2)c1F. The van der Waals surface area contributed by atoms with E-state index in [2.05, 4.69) is 0 Å². The summed E-state index contributed by atoms with van der Waals surface area (Å²) in [4.78, 5) is 24.6.